The van der Waals surface area contributed by atoms with Gasteiger partial charge in [-0.2, -0.15) is 18.3 Å². The van der Waals surface area contributed by atoms with Gasteiger partial charge in [0.15, 0.2) is 11.3 Å². The third kappa shape index (κ3) is 6.38. The maximum atomic E-state index is 14.6. The Balaban J connectivity index is 1.31. The van der Waals surface area contributed by atoms with Gasteiger partial charge in [0.1, 0.15) is 12.7 Å². The summed E-state index contributed by atoms with van der Waals surface area (Å²) in [7, 11) is 0. The molecule has 0 unspecified atom stereocenters. The Labute approximate surface area is 256 Å². The summed E-state index contributed by atoms with van der Waals surface area (Å²) in [6, 6.07) is -2.50. The lowest BCUT2D eigenvalue weighted by Gasteiger charge is -2.45. The fourth-order valence-corrected chi connectivity index (χ4v) is 6.43. The second-order valence-corrected chi connectivity index (χ2v) is 12.9. The second kappa shape index (κ2) is 11.2. The molecule has 4 fully saturated rings. The molecular formula is C28H32F8N6O4. The summed E-state index contributed by atoms with van der Waals surface area (Å²) >= 11 is 0. The van der Waals surface area contributed by atoms with Crippen LogP contribution in [0.2, 0.25) is 0 Å². The first-order valence-electron chi connectivity index (χ1n) is 15.1. The molecule has 254 valence electrons. The van der Waals surface area contributed by atoms with Crippen molar-refractivity contribution in [1.29, 1.82) is 0 Å². The zero-order valence-corrected chi connectivity index (χ0v) is 24.4. The van der Waals surface area contributed by atoms with E-state index in [-0.39, 0.29) is 49.3 Å². The van der Waals surface area contributed by atoms with Crippen LogP contribution in [0.15, 0.2) is 12.4 Å². The number of carbonyl (C=O) groups excluding carboxylic acids is 2. The van der Waals surface area contributed by atoms with E-state index in [1.807, 2.05) is 0 Å². The molecule has 6 rings (SSSR count). The number of rotatable bonds is 6. The van der Waals surface area contributed by atoms with Crippen LogP contribution in [0.3, 0.4) is 0 Å². The summed E-state index contributed by atoms with van der Waals surface area (Å²) in [5.41, 5.74) is -5.35. The predicted octanol–water partition coefficient (Wildman–Crippen LogP) is 4.38. The fourth-order valence-electron chi connectivity index (χ4n) is 6.43. The van der Waals surface area contributed by atoms with E-state index in [1.165, 1.54) is 6.20 Å². The van der Waals surface area contributed by atoms with Gasteiger partial charge in [-0.05, 0) is 38.0 Å². The summed E-state index contributed by atoms with van der Waals surface area (Å²) in [6.45, 7) is -1.62. The molecule has 2 saturated heterocycles. The molecule has 10 nitrogen and oxygen atoms in total. The summed E-state index contributed by atoms with van der Waals surface area (Å²) in [4.78, 5) is 35.7. The first kappa shape index (κ1) is 32.8. The van der Waals surface area contributed by atoms with Gasteiger partial charge in [-0.25, -0.2) is 36.4 Å². The van der Waals surface area contributed by atoms with Gasteiger partial charge in [-0.15, -0.1) is 0 Å². The molecule has 2 saturated carbocycles. The van der Waals surface area contributed by atoms with Crippen molar-refractivity contribution in [3.8, 4) is 0 Å². The first-order chi connectivity index (χ1) is 21.4. The maximum absolute atomic E-state index is 14.6. The van der Waals surface area contributed by atoms with Gasteiger partial charge in [0.05, 0.1) is 35.9 Å². The highest BCUT2D eigenvalue weighted by Crippen LogP contribution is 2.46. The molecule has 2 aromatic heterocycles. The number of piperidine rings is 1. The van der Waals surface area contributed by atoms with E-state index >= 15 is 0 Å². The Hall–Kier alpha value is -3.15. The van der Waals surface area contributed by atoms with Crippen LogP contribution in [-0.4, -0.2) is 89.9 Å². The highest BCUT2D eigenvalue weighted by Gasteiger charge is 2.58. The van der Waals surface area contributed by atoms with Gasteiger partial charge in [0.2, 0.25) is 5.92 Å². The Kier molecular flexibility index (Phi) is 8.00. The quantitative estimate of drug-likeness (QED) is 0.439. The maximum Gasteiger partial charge on any atom is 0.417 e. The molecule has 18 heteroatoms. The van der Waals surface area contributed by atoms with E-state index in [0.717, 1.165) is 15.6 Å². The Bertz CT molecular complexity index is 1480. The summed E-state index contributed by atoms with van der Waals surface area (Å²) in [6.07, 6.45) is -7.80. The van der Waals surface area contributed by atoms with Gasteiger partial charge in [-0.1, -0.05) is 0 Å². The average Bonchev–Trinajstić information content (AvgIpc) is 3.60. The standard InChI is InChI=1S/C28H32F8N6O4/c29-24(7-8-24)22(44)40-20(15-1-4-26(30,31)5-2-15)17-13-42-23(39-17)38-16(12-37-42)18-11-25(45,28(34,35)36)9-10-41(18)21(43)19-3-6-27(32,33)14-46-19/h12-13,15,18-20,45H,1-11,14H2,(H,40,44)/t18-,19+,20+,25+/m1/s1. The number of hydrogen-bond donors (Lipinski definition) is 2. The molecule has 0 bridgehead atoms. The molecule has 0 radical (unpaired) electrons. The van der Waals surface area contributed by atoms with Crippen LogP contribution >= 0.6 is 0 Å². The summed E-state index contributed by atoms with van der Waals surface area (Å²) in [5.74, 6) is -8.50. The molecular weight excluding hydrogens is 636 g/mol. The third-order valence-electron chi connectivity index (χ3n) is 9.54. The number of aliphatic hydroxyl groups is 1. The molecule has 0 aromatic carbocycles. The van der Waals surface area contributed by atoms with Crippen molar-refractivity contribution in [2.45, 2.75) is 112 Å². The number of nitrogens with zero attached hydrogens (tertiary/aromatic N) is 5. The number of imidazole rings is 1. The van der Waals surface area contributed by atoms with E-state index < -0.39 is 110 Å². The number of aromatic nitrogens is 4. The largest absolute Gasteiger partial charge is 0.417 e. The number of likely N-dealkylation sites (tertiary alicyclic amines) is 1. The SMILES string of the molecule is O=C([C@@H]1CCC(F)(F)CO1)N1CC[C@@](O)(C(F)(F)F)C[C@@H]1c1cnn2cc([C@@H](NC(=O)C3(F)CC3)C3CCC(F)(F)CC3)nc2n1. The monoisotopic (exact) mass is 668 g/mol. The van der Waals surface area contributed by atoms with Gasteiger partial charge < -0.3 is 20.1 Å². The Morgan fingerprint density at radius 2 is 1.65 bits per heavy atom. The van der Waals surface area contributed by atoms with Crippen LogP contribution in [0.25, 0.3) is 5.78 Å². The molecule has 4 atom stereocenters. The zero-order chi connectivity index (χ0) is 33.3. The lowest BCUT2D eigenvalue weighted by molar-refractivity contribution is -0.278. The van der Waals surface area contributed by atoms with Gasteiger partial charge in [0.25, 0.3) is 23.5 Å². The highest BCUT2D eigenvalue weighted by molar-refractivity contribution is 5.88. The summed E-state index contributed by atoms with van der Waals surface area (Å²) in [5, 5.41) is 17.3. The van der Waals surface area contributed by atoms with Crippen molar-refractivity contribution in [1.82, 2.24) is 29.8 Å². The van der Waals surface area contributed by atoms with Crippen LogP contribution in [0.4, 0.5) is 35.1 Å². The van der Waals surface area contributed by atoms with E-state index in [2.05, 4.69) is 20.4 Å². The van der Waals surface area contributed by atoms with Crippen LogP contribution in [0, 0.1) is 5.92 Å². The lowest BCUT2D eigenvalue weighted by atomic mass is 9.81. The molecule has 2 aromatic rings. The van der Waals surface area contributed by atoms with Gasteiger partial charge >= 0.3 is 6.18 Å². The normalized spacial score (nSPS) is 30.2. The molecule has 2 aliphatic carbocycles. The van der Waals surface area contributed by atoms with Crippen molar-refractivity contribution >= 4 is 17.6 Å². The summed E-state index contributed by atoms with van der Waals surface area (Å²) < 4.78 is 118. The van der Waals surface area contributed by atoms with E-state index in [9.17, 15) is 49.8 Å². The van der Waals surface area contributed by atoms with E-state index in [0.29, 0.717) is 0 Å². The van der Waals surface area contributed by atoms with Crippen molar-refractivity contribution in [2.24, 2.45) is 5.92 Å². The molecule has 4 heterocycles. The zero-order valence-electron chi connectivity index (χ0n) is 24.4. The minimum atomic E-state index is -5.07. The second-order valence-electron chi connectivity index (χ2n) is 12.9. The van der Waals surface area contributed by atoms with Gasteiger partial charge in [-0.3, -0.25) is 9.59 Å². The minimum absolute atomic E-state index is 0.00154. The number of amides is 2. The highest BCUT2D eigenvalue weighted by atomic mass is 19.4. The number of ether oxygens (including phenoxy) is 1. The number of nitrogens with one attached hydrogen (secondary N) is 1. The minimum Gasteiger partial charge on any atom is -0.380 e. The van der Waals surface area contributed by atoms with Crippen molar-refractivity contribution in [3.05, 3.63) is 23.8 Å². The molecule has 2 N–H and O–H groups in total. The van der Waals surface area contributed by atoms with Crippen LogP contribution < -0.4 is 5.32 Å². The van der Waals surface area contributed by atoms with Crippen molar-refractivity contribution < 1.29 is 54.6 Å². The molecule has 2 aliphatic heterocycles. The number of carbonyl (C=O) groups is 2. The number of alkyl halides is 8. The number of hydrogen-bond acceptors (Lipinski definition) is 7. The van der Waals surface area contributed by atoms with Gasteiger partial charge in [0, 0.05) is 38.6 Å². The third-order valence-corrected chi connectivity index (χ3v) is 9.54. The average molecular weight is 669 g/mol. The Morgan fingerprint density at radius 3 is 2.26 bits per heavy atom. The molecule has 2 amide bonds. The van der Waals surface area contributed by atoms with Crippen LogP contribution in [0.5, 0.6) is 0 Å². The molecule has 0 spiro atoms. The molecule has 46 heavy (non-hydrogen) atoms. The van der Waals surface area contributed by atoms with E-state index in [1.54, 1.807) is 0 Å². The lowest BCUT2D eigenvalue weighted by Crippen LogP contribution is -2.57. The van der Waals surface area contributed by atoms with Crippen LogP contribution in [-0.2, 0) is 14.3 Å². The smallest absolute Gasteiger partial charge is 0.380 e. The predicted molar refractivity (Wildman–Crippen MR) is 140 cm³/mol. The number of halogens is 8. The van der Waals surface area contributed by atoms with E-state index in [4.69, 9.17) is 4.74 Å². The topological polar surface area (TPSA) is 122 Å². The van der Waals surface area contributed by atoms with Crippen molar-refractivity contribution in [3.63, 3.8) is 0 Å². The first-order valence-corrected chi connectivity index (χ1v) is 15.1. The van der Waals surface area contributed by atoms with Crippen LogP contribution in [0.1, 0.15) is 87.7 Å². The number of fused-ring (bicyclic) bond motifs is 1. The molecule has 4 aliphatic rings. The Morgan fingerprint density at radius 1 is 0.978 bits per heavy atom. The van der Waals surface area contributed by atoms with Crippen molar-refractivity contribution in [2.75, 3.05) is 13.2 Å². The fraction of sp³-hybridized carbons (Fsp3) is 0.750.